The van der Waals surface area contributed by atoms with Crippen molar-refractivity contribution in [1.82, 2.24) is 14.9 Å². The minimum absolute atomic E-state index is 0.657. The van der Waals surface area contributed by atoms with Crippen LogP contribution in [-0.2, 0) is 12.8 Å². The van der Waals surface area contributed by atoms with Crippen molar-refractivity contribution in [1.29, 1.82) is 0 Å². The lowest BCUT2D eigenvalue weighted by molar-refractivity contribution is 0.387. The minimum atomic E-state index is 0.657. The molecule has 1 saturated carbocycles. The van der Waals surface area contributed by atoms with Crippen molar-refractivity contribution in [2.75, 3.05) is 6.54 Å². The number of rotatable bonds is 3. The predicted molar refractivity (Wildman–Crippen MR) is 69.2 cm³/mol. The molecule has 0 saturated heterocycles. The van der Waals surface area contributed by atoms with Gasteiger partial charge in [0.05, 0.1) is 18.1 Å². The molecule has 0 aromatic carbocycles. The van der Waals surface area contributed by atoms with Crippen LogP contribution in [0.2, 0.25) is 0 Å². The predicted octanol–water partition coefficient (Wildman–Crippen LogP) is 2.47. The molecule has 0 spiro atoms. The molecule has 2 aliphatic carbocycles. The van der Waals surface area contributed by atoms with Crippen LogP contribution >= 0.6 is 0 Å². The van der Waals surface area contributed by atoms with Gasteiger partial charge in [-0.25, -0.2) is 4.98 Å². The highest BCUT2D eigenvalue weighted by molar-refractivity contribution is 5.18. The fourth-order valence-electron chi connectivity index (χ4n) is 3.55. The summed E-state index contributed by atoms with van der Waals surface area (Å²) >= 11 is 0. The van der Waals surface area contributed by atoms with Crippen LogP contribution in [0.3, 0.4) is 0 Å². The number of hydrogen-bond donors (Lipinski definition) is 1. The molecular formula is C14H23N3. The van der Waals surface area contributed by atoms with Gasteiger partial charge in [-0.15, -0.1) is 0 Å². The maximum Gasteiger partial charge on any atom is 0.0954 e. The molecule has 0 radical (unpaired) electrons. The Morgan fingerprint density at radius 1 is 1.29 bits per heavy atom. The first-order valence-electron chi connectivity index (χ1n) is 7.18. The average molecular weight is 233 g/mol. The zero-order valence-electron chi connectivity index (χ0n) is 10.8. The van der Waals surface area contributed by atoms with E-state index in [4.69, 9.17) is 0 Å². The maximum absolute atomic E-state index is 4.63. The number of hydrogen-bond acceptors (Lipinski definition) is 2. The van der Waals surface area contributed by atoms with Crippen molar-refractivity contribution in [3.05, 3.63) is 17.7 Å². The summed E-state index contributed by atoms with van der Waals surface area (Å²) in [6, 6.07) is 1.32. The highest BCUT2D eigenvalue weighted by atomic mass is 15.1. The second-order valence-corrected chi connectivity index (χ2v) is 5.41. The highest BCUT2D eigenvalue weighted by Gasteiger charge is 2.30. The lowest BCUT2D eigenvalue weighted by Crippen LogP contribution is -2.34. The first kappa shape index (κ1) is 11.3. The lowest BCUT2D eigenvalue weighted by Gasteiger charge is -2.25. The van der Waals surface area contributed by atoms with Gasteiger partial charge in [0.25, 0.3) is 0 Å². The third-order valence-corrected chi connectivity index (χ3v) is 4.36. The molecular weight excluding hydrogens is 210 g/mol. The molecule has 0 aliphatic heterocycles. The van der Waals surface area contributed by atoms with Crippen LogP contribution in [0.15, 0.2) is 6.33 Å². The maximum atomic E-state index is 4.63. The van der Waals surface area contributed by atoms with Crippen LogP contribution in [-0.4, -0.2) is 22.1 Å². The molecule has 2 aliphatic rings. The number of aromatic nitrogens is 2. The summed E-state index contributed by atoms with van der Waals surface area (Å²) in [5.74, 6) is 0. The van der Waals surface area contributed by atoms with Crippen molar-refractivity contribution in [3.8, 4) is 0 Å². The standard InChI is InChI=1S/C14H23N3/c1-2-15-11-7-5-9-14(11)17-10-16-12-6-3-4-8-13(12)17/h10-11,14-15H,2-9H2,1H3. The van der Waals surface area contributed by atoms with Crippen LogP contribution in [0.25, 0.3) is 0 Å². The van der Waals surface area contributed by atoms with Gasteiger partial charge < -0.3 is 9.88 Å². The minimum Gasteiger partial charge on any atom is -0.330 e. The van der Waals surface area contributed by atoms with Gasteiger partial charge in [0.2, 0.25) is 0 Å². The van der Waals surface area contributed by atoms with Crippen molar-refractivity contribution in [2.45, 2.75) is 64.0 Å². The number of fused-ring (bicyclic) bond motifs is 1. The van der Waals surface area contributed by atoms with Crippen LogP contribution in [0, 0.1) is 0 Å². The molecule has 0 amide bonds. The smallest absolute Gasteiger partial charge is 0.0954 e. The second-order valence-electron chi connectivity index (χ2n) is 5.41. The van der Waals surface area contributed by atoms with E-state index >= 15 is 0 Å². The quantitative estimate of drug-likeness (QED) is 0.869. The van der Waals surface area contributed by atoms with Crippen molar-refractivity contribution in [3.63, 3.8) is 0 Å². The number of likely N-dealkylation sites (N-methyl/N-ethyl adjacent to an activating group) is 1. The van der Waals surface area contributed by atoms with E-state index in [0.29, 0.717) is 12.1 Å². The van der Waals surface area contributed by atoms with Gasteiger partial charge in [-0.2, -0.15) is 0 Å². The molecule has 2 unspecified atom stereocenters. The summed E-state index contributed by atoms with van der Waals surface area (Å²) in [4.78, 5) is 4.63. The van der Waals surface area contributed by atoms with E-state index < -0.39 is 0 Å². The molecule has 3 heteroatoms. The molecule has 2 atom stereocenters. The molecule has 0 bridgehead atoms. The van der Waals surface area contributed by atoms with E-state index in [9.17, 15) is 0 Å². The lowest BCUT2D eigenvalue weighted by atomic mass is 10.0. The van der Waals surface area contributed by atoms with E-state index in [0.717, 1.165) is 6.54 Å². The number of imidazole rings is 1. The SMILES string of the molecule is CCNC1CCCC1n1cnc2c1CCCC2. The van der Waals surface area contributed by atoms with Crippen molar-refractivity contribution >= 4 is 0 Å². The van der Waals surface area contributed by atoms with Gasteiger partial charge in [0.1, 0.15) is 0 Å². The van der Waals surface area contributed by atoms with Crippen LogP contribution in [0.5, 0.6) is 0 Å². The summed E-state index contributed by atoms with van der Waals surface area (Å²) < 4.78 is 2.49. The summed E-state index contributed by atoms with van der Waals surface area (Å²) in [7, 11) is 0. The second kappa shape index (κ2) is 4.81. The first-order chi connectivity index (χ1) is 8.40. The van der Waals surface area contributed by atoms with Gasteiger partial charge >= 0.3 is 0 Å². The van der Waals surface area contributed by atoms with Crippen LogP contribution in [0.1, 0.15) is 56.5 Å². The summed E-state index contributed by atoms with van der Waals surface area (Å²) in [5.41, 5.74) is 2.91. The van der Waals surface area contributed by atoms with Gasteiger partial charge in [-0.05, 0) is 51.5 Å². The molecule has 3 rings (SSSR count). The molecule has 3 nitrogen and oxygen atoms in total. The Labute approximate surface area is 104 Å². The fraction of sp³-hybridized carbons (Fsp3) is 0.786. The summed E-state index contributed by atoms with van der Waals surface area (Å²) in [6.45, 7) is 3.29. The highest BCUT2D eigenvalue weighted by Crippen LogP contribution is 2.33. The first-order valence-corrected chi connectivity index (χ1v) is 7.18. The van der Waals surface area contributed by atoms with Crippen LogP contribution < -0.4 is 5.32 Å². The molecule has 1 heterocycles. The monoisotopic (exact) mass is 233 g/mol. The topological polar surface area (TPSA) is 29.9 Å². The van der Waals surface area contributed by atoms with Gasteiger partial charge in [0, 0.05) is 11.7 Å². The van der Waals surface area contributed by atoms with Crippen molar-refractivity contribution < 1.29 is 0 Å². The Kier molecular flexibility index (Phi) is 3.19. The molecule has 94 valence electrons. The zero-order valence-corrected chi connectivity index (χ0v) is 10.8. The Balaban J connectivity index is 1.85. The van der Waals surface area contributed by atoms with E-state index in [1.54, 1.807) is 0 Å². The molecule has 1 N–H and O–H groups in total. The Hall–Kier alpha value is -0.830. The zero-order chi connectivity index (χ0) is 11.7. The third-order valence-electron chi connectivity index (χ3n) is 4.36. The van der Waals surface area contributed by atoms with E-state index in [1.807, 2.05) is 0 Å². The molecule has 17 heavy (non-hydrogen) atoms. The number of nitrogens with zero attached hydrogens (tertiary/aromatic N) is 2. The van der Waals surface area contributed by atoms with Gasteiger partial charge in [-0.3, -0.25) is 0 Å². The van der Waals surface area contributed by atoms with E-state index in [2.05, 4.69) is 28.1 Å². The number of nitrogens with one attached hydrogen (secondary N) is 1. The summed E-state index contributed by atoms with van der Waals surface area (Å²) in [6.07, 6.45) is 11.2. The molecule has 1 aromatic rings. The fourth-order valence-corrected chi connectivity index (χ4v) is 3.55. The third kappa shape index (κ3) is 2.01. The van der Waals surface area contributed by atoms with Gasteiger partial charge in [-0.1, -0.05) is 6.92 Å². The normalized spacial score (nSPS) is 28.3. The molecule has 1 fully saturated rings. The average Bonchev–Trinajstić information content (AvgIpc) is 2.95. The van der Waals surface area contributed by atoms with E-state index in [1.165, 1.54) is 56.3 Å². The summed E-state index contributed by atoms with van der Waals surface area (Å²) in [5, 5.41) is 3.64. The van der Waals surface area contributed by atoms with Crippen molar-refractivity contribution in [2.24, 2.45) is 0 Å². The Morgan fingerprint density at radius 2 is 2.18 bits per heavy atom. The Bertz CT molecular complexity index is 383. The number of aryl methyl sites for hydroxylation is 1. The largest absolute Gasteiger partial charge is 0.330 e. The van der Waals surface area contributed by atoms with Gasteiger partial charge in [0.15, 0.2) is 0 Å². The molecule has 1 aromatic heterocycles. The Morgan fingerprint density at radius 3 is 3.06 bits per heavy atom. The van der Waals surface area contributed by atoms with E-state index in [-0.39, 0.29) is 0 Å². The van der Waals surface area contributed by atoms with Crippen LogP contribution in [0.4, 0.5) is 0 Å².